The highest BCUT2D eigenvalue weighted by atomic mass is 16.5. The number of nitrogens with zero attached hydrogens (tertiary/aromatic N) is 1. The fourth-order valence-electron chi connectivity index (χ4n) is 1.33. The normalized spacial score (nSPS) is 12.7. The average Bonchev–Trinajstić information content (AvgIpc) is 2.16. The van der Waals surface area contributed by atoms with E-state index in [1.165, 1.54) is 0 Å². The zero-order chi connectivity index (χ0) is 12.3. The Morgan fingerprint density at radius 2 is 1.80 bits per heavy atom. The lowest BCUT2D eigenvalue weighted by Crippen LogP contribution is -2.48. The van der Waals surface area contributed by atoms with Crippen molar-refractivity contribution in [2.75, 3.05) is 27.2 Å². The molecule has 15 heavy (non-hydrogen) atoms. The molecule has 0 spiro atoms. The third kappa shape index (κ3) is 4.18. The molecular weight excluding hydrogens is 192 g/mol. The molecule has 4 heteroatoms. The molecule has 0 radical (unpaired) electrons. The Morgan fingerprint density at radius 1 is 1.33 bits per heavy atom. The van der Waals surface area contributed by atoms with Crippen LogP contribution in [0.5, 0.6) is 0 Å². The Kier molecular flexibility index (Phi) is 4.74. The Balaban J connectivity index is 4.47. The van der Waals surface area contributed by atoms with E-state index in [4.69, 9.17) is 10.5 Å². The van der Waals surface area contributed by atoms with Crippen LogP contribution < -0.4 is 5.73 Å². The third-order valence-electron chi connectivity index (χ3n) is 2.59. The van der Waals surface area contributed by atoms with E-state index in [9.17, 15) is 4.79 Å². The number of ether oxygens (including phenoxy) is 1. The van der Waals surface area contributed by atoms with E-state index >= 15 is 0 Å². The lowest BCUT2D eigenvalue weighted by Gasteiger charge is -2.33. The zero-order valence-electron chi connectivity index (χ0n) is 10.8. The predicted octanol–water partition coefficient (Wildman–Crippen LogP) is 0.855. The molecule has 0 fully saturated rings. The summed E-state index contributed by atoms with van der Waals surface area (Å²) in [5, 5.41) is 0. The minimum absolute atomic E-state index is 0.0217. The molecule has 0 unspecified atom stereocenters. The van der Waals surface area contributed by atoms with E-state index < -0.39 is 5.60 Å². The first-order valence-electron chi connectivity index (χ1n) is 5.17. The Morgan fingerprint density at radius 3 is 2.13 bits per heavy atom. The van der Waals surface area contributed by atoms with Gasteiger partial charge in [0.15, 0.2) is 0 Å². The van der Waals surface area contributed by atoms with Crippen molar-refractivity contribution in [2.24, 2.45) is 11.1 Å². The molecule has 0 aliphatic rings. The number of nitrogens with two attached hydrogens (primary N) is 1. The molecule has 1 amide bonds. The summed E-state index contributed by atoms with van der Waals surface area (Å²) in [5.41, 5.74) is 4.80. The van der Waals surface area contributed by atoms with Crippen LogP contribution in [0.1, 0.15) is 27.7 Å². The number of amides is 1. The maximum atomic E-state index is 11.9. The standard InChI is InChI=1S/C11H24N2O2/c1-10(2,7-12)8-13(5)9(14)11(3,4)15-6/h7-8,12H2,1-6H3. The molecule has 2 N–H and O–H groups in total. The summed E-state index contributed by atoms with van der Waals surface area (Å²) in [7, 11) is 3.32. The van der Waals surface area contributed by atoms with Crippen molar-refractivity contribution >= 4 is 5.91 Å². The first kappa shape index (κ1) is 14.4. The minimum Gasteiger partial charge on any atom is -0.369 e. The van der Waals surface area contributed by atoms with E-state index in [-0.39, 0.29) is 11.3 Å². The quantitative estimate of drug-likeness (QED) is 0.741. The average molecular weight is 216 g/mol. The maximum Gasteiger partial charge on any atom is 0.253 e. The second-order valence-electron chi connectivity index (χ2n) is 5.24. The summed E-state index contributed by atoms with van der Waals surface area (Å²) in [6, 6.07) is 0. The van der Waals surface area contributed by atoms with Crippen molar-refractivity contribution in [3.63, 3.8) is 0 Å². The minimum atomic E-state index is -0.764. The molecule has 0 saturated carbocycles. The number of hydrogen-bond donors (Lipinski definition) is 1. The van der Waals surface area contributed by atoms with Gasteiger partial charge in [0, 0.05) is 20.7 Å². The third-order valence-corrected chi connectivity index (χ3v) is 2.59. The Bertz CT molecular complexity index is 225. The van der Waals surface area contributed by atoms with E-state index in [0.29, 0.717) is 13.1 Å². The molecule has 0 aromatic carbocycles. The lowest BCUT2D eigenvalue weighted by atomic mass is 9.92. The lowest BCUT2D eigenvalue weighted by molar-refractivity contribution is -0.150. The highest BCUT2D eigenvalue weighted by molar-refractivity contribution is 5.84. The van der Waals surface area contributed by atoms with Gasteiger partial charge in [-0.1, -0.05) is 13.8 Å². The Labute approximate surface area is 92.8 Å². The van der Waals surface area contributed by atoms with Crippen LogP contribution in [-0.4, -0.2) is 43.7 Å². The number of carbonyl (C=O) groups excluding carboxylic acids is 1. The topological polar surface area (TPSA) is 55.6 Å². The second kappa shape index (κ2) is 4.94. The van der Waals surface area contributed by atoms with Crippen LogP contribution in [0.3, 0.4) is 0 Å². The van der Waals surface area contributed by atoms with Gasteiger partial charge in [-0.25, -0.2) is 0 Å². The van der Waals surface area contributed by atoms with Gasteiger partial charge in [-0.05, 0) is 25.8 Å². The molecule has 0 heterocycles. The van der Waals surface area contributed by atoms with Crippen LogP contribution in [0.15, 0.2) is 0 Å². The van der Waals surface area contributed by atoms with Gasteiger partial charge >= 0.3 is 0 Å². The van der Waals surface area contributed by atoms with Crippen molar-refractivity contribution in [1.29, 1.82) is 0 Å². The van der Waals surface area contributed by atoms with Crippen molar-refractivity contribution in [3.8, 4) is 0 Å². The number of rotatable bonds is 5. The molecular formula is C11H24N2O2. The molecule has 90 valence electrons. The maximum absolute atomic E-state index is 11.9. The van der Waals surface area contributed by atoms with Gasteiger partial charge < -0.3 is 15.4 Å². The molecule has 0 aromatic rings. The van der Waals surface area contributed by atoms with Gasteiger partial charge in [0.1, 0.15) is 5.60 Å². The van der Waals surface area contributed by atoms with Crippen molar-refractivity contribution < 1.29 is 9.53 Å². The second-order valence-corrected chi connectivity index (χ2v) is 5.24. The van der Waals surface area contributed by atoms with E-state index in [1.807, 2.05) is 13.8 Å². The van der Waals surface area contributed by atoms with Crippen LogP contribution in [0.2, 0.25) is 0 Å². The van der Waals surface area contributed by atoms with Gasteiger partial charge in [0.2, 0.25) is 0 Å². The molecule has 4 nitrogen and oxygen atoms in total. The fraction of sp³-hybridized carbons (Fsp3) is 0.909. The highest BCUT2D eigenvalue weighted by Crippen LogP contribution is 2.17. The van der Waals surface area contributed by atoms with Gasteiger partial charge in [-0.15, -0.1) is 0 Å². The SMILES string of the molecule is COC(C)(C)C(=O)N(C)CC(C)(C)CN. The Hall–Kier alpha value is -0.610. The van der Waals surface area contributed by atoms with E-state index in [1.54, 1.807) is 32.9 Å². The summed E-state index contributed by atoms with van der Waals surface area (Å²) in [6.07, 6.45) is 0. The molecule has 0 atom stereocenters. The number of methoxy groups -OCH3 is 1. The largest absolute Gasteiger partial charge is 0.369 e. The van der Waals surface area contributed by atoms with Gasteiger partial charge in [-0.2, -0.15) is 0 Å². The van der Waals surface area contributed by atoms with E-state index in [0.717, 1.165) is 0 Å². The number of likely N-dealkylation sites (N-methyl/N-ethyl adjacent to an activating group) is 1. The first-order chi connectivity index (χ1) is 6.66. The summed E-state index contributed by atoms with van der Waals surface area (Å²) < 4.78 is 5.15. The molecule has 0 bridgehead atoms. The number of hydrogen-bond acceptors (Lipinski definition) is 3. The smallest absolute Gasteiger partial charge is 0.253 e. The summed E-state index contributed by atoms with van der Waals surface area (Å²) in [6.45, 7) is 8.79. The highest BCUT2D eigenvalue weighted by Gasteiger charge is 2.32. The molecule has 0 rings (SSSR count). The summed E-state index contributed by atoms with van der Waals surface area (Å²) in [5.74, 6) is -0.0217. The molecule has 0 saturated heterocycles. The van der Waals surface area contributed by atoms with Crippen molar-refractivity contribution in [1.82, 2.24) is 4.90 Å². The van der Waals surface area contributed by atoms with E-state index in [2.05, 4.69) is 0 Å². The van der Waals surface area contributed by atoms with Crippen molar-refractivity contribution in [2.45, 2.75) is 33.3 Å². The monoisotopic (exact) mass is 216 g/mol. The summed E-state index contributed by atoms with van der Waals surface area (Å²) in [4.78, 5) is 13.6. The van der Waals surface area contributed by atoms with Crippen LogP contribution in [0, 0.1) is 5.41 Å². The van der Waals surface area contributed by atoms with Gasteiger partial charge in [0.25, 0.3) is 5.91 Å². The fourth-order valence-corrected chi connectivity index (χ4v) is 1.33. The van der Waals surface area contributed by atoms with Gasteiger partial charge in [0.05, 0.1) is 0 Å². The predicted molar refractivity (Wildman–Crippen MR) is 61.6 cm³/mol. The van der Waals surface area contributed by atoms with Crippen LogP contribution in [-0.2, 0) is 9.53 Å². The molecule has 0 aliphatic heterocycles. The van der Waals surface area contributed by atoms with Crippen LogP contribution in [0.25, 0.3) is 0 Å². The number of carbonyl (C=O) groups is 1. The summed E-state index contributed by atoms with van der Waals surface area (Å²) >= 11 is 0. The zero-order valence-corrected chi connectivity index (χ0v) is 10.8. The van der Waals surface area contributed by atoms with Gasteiger partial charge in [-0.3, -0.25) is 4.79 Å². The molecule has 0 aliphatic carbocycles. The van der Waals surface area contributed by atoms with Crippen LogP contribution in [0.4, 0.5) is 0 Å². The first-order valence-corrected chi connectivity index (χ1v) is 5.17. The molecule has 0 aromatic heterocycles. The van der Waals surface area contributed by atoms with Crippen LogP contribution >= 0.6 is 0 Å². The van der Waals surface area contributed by atoms with Crippen molar-refractivity contribution in [3.05, 3.63) is 0 Å².